The highest BCUT2D eigenvalue weighted by Gasteiger charge is 2.22. The first-order chi connectivity index (χ1) is 9.20. The molecule has 1 aromatic heterocycles. The molecule has 0 saturated carbocycles. The lowest BCUT2D eigenvalue weighted by molar-refractivity contribution is 0.227. The number of aryl methyl sites for hydroxylation is 1. The van der Waals surface area contributed by atoms with E-state index in [0.717, 1.165) is 30.0 Å². The van der Waals surface area contributed by atoms with Crippen molar-refractivity contribution in [1.82, 2.24) is 15.1 Å². The van der Waals surface area contributed by atoms with Crippen LogP contribution < -0.4 is 10.1 Å². The third-order valence-corrected chi connectivity index (χ3v) is 3.21. The van der Waals surface area contributed by atoms with Gasteiger partial charge in [0.1, 0.15) is 17.7 Å². The largest absolute Gasteiger partial charge is 0.488 e. The van der Waals surface area contributed by atoms with Gasteiger partial charge >= 0.3 is 0 Å². The van der Waals surface area contributed by atoms with Gasteiger partial charge in [0.2, 0.25) is 0 Å². The first-order valence-electron chi connectivity index (χ1n) is 6.35. The van der Waals surface area contributed by atoms with Crippen LogP contribution >= 0.6 is 0 Å². The summed E-state index contributed by atoms with van der Waals surface area (Å²) in [6.07, 6.45) is 2.74. The van der Waals surface area contributed by atoms with Crippen LogP contribution in [0.4, 0.5) is 4.39 Å². The fraction of sp³-hybridized carbons (Fsp3) is 0.357. The van der Waals surface area contributed by atoms with Crippen LogP contribution in [-0.2, 0) is 20.0 Å². The van der Waals surface area contributed by atoms with Crippen LogP contribution in [0.15, 0.2) is 30.5 Å². The van der Waals surface area contributed by atoms with Crippen molar-refractivity contribution >= 4 is 0 Å². The Bertz CT molecular complexity index is 582. The van der Waals surface area contributed by atoms with Gasteiger partial charge in [0.05, 0.1) is 5.69 Å². The van der Waals surface area contributed by atoms with Crippen molar-refractivity contribution in [2.24, 2.45) is 7.05 Å². The molecule has 100 valence electrons. The average Bonchev–Trinajstić information content (AvgIpc) is 2.95. The number of ether oxygens (including phenoxy) is 1. The maximum Gasteiger partial charge on any atom is 0.123 e. The van der Waals surface area contributed by atoms with Crippen molar-refractivity contribution in [2.45, 2.75) is 19.1 Å². The fourth-order valence-electron chi connectivity index (χ4n) is 2.32. The first kappa shape index (κ1) is 12.2. The molecule has 2 aromatic rings. The van der Waals surface area contributed by atoms with E-state index < -0.39 is 0 Å². The van der Waals surface area contributed by atoms with Crippen molar-refractivity contribution < 1.29 is 9.13 Å². The molecule has 0 radical (unpaired) electrons. The highest BCUT2D eigenvalue weighted by Crippen LogP contribution is 2.28. The van der Waals surface area contributed by atoms with E-state index in [-0.39, 0.29) is 11.9 Å². The van der Waals surface area contributed by atoms with Gasteiger partial charge in [-0.15, -0.1) is 0 Å². The summed E-state index contributed by atoms with van der Waals surface area (Å²) in [7, 11) is 1.90. The Morgan fingerprint density at radius 2 is 2.37 bits per heavy atom. The summed E-state index contributed by atoms with van der Waals surface area (Å²) in [5.74, 6) is 0.593. The van der Waals surface area contributed by atoms with Crippen molar-refractivity contribution in [3.05, 3.63) is 47.5 Å². The molecular formula is C14H16FN3O. The standard InChI is InChI=1S/C14H16FN3O/c1-18-5-4-12(17-18)8-16-9-13-7-10-6-11(15)2-3-14(10)19-13/h2-6,13,16H,7-9H2,1H3. The van der Waals surface area contributed by atoms with Gasteiger partial charge in [-0.3, -0.25) is 4.68 Å². The lowest BCUT2D eigenvalue weighted by atomic mass is 10.1. The SMILES string of the molecule is Cn1ccc(CNCC2Cc3cc(F)ccc3O2)n1. The molecule has 0 fully saturated rings. The number of rotatable bonds is 4. The number of fused-ring (bicyclic) bond motifs is 1. The summed E-state index contributed by atoms with van der Waals surface area (Å²) in [5, 5.41) is 7.60. The first-order valence-corrected chi connectivity index (χ1v) is 6.35. The van der Waals surface area contributed by atoms with Crippen molar-refractivity contribution in [3.63, 3.8) is 0 Å². The van der Waals surface area contributed by atoms with Gasteiger partial charge in [-0.1, -0.05) is 0 Å². The second-order valence-electron chi connectivity index (χ2n) is 4.81. The summed E-state index contributed by atoms with van der Waals surface area (Å²) in [6, 6.07) is 6.66. The molecule has 4 nitrogen and oxygen atoms in total. The van der Waals surface area contributed by atoms with Crippen LogP contribution in [0.1, 0.15) is 11.3 Å². The summed E-state index contributed by atoms with van der Waals surface area (Å²) >= 11 is 0. The minimum absolute atomic E-state index is 0.0699. The average molecular weight is 261 g/mol. The van der Waals surface area contributed by atoms with Gasteiger partial charge in [-0.25, -0.2) is 4.39 Å². The molecule has 3 rings (SSSR count). The number of hydrogen-bond acceptors (Lipinski definition) is 3. The number of benzene rings is 1. The van der Waals surface area contributed by atoms with Crippen molar-refractivity contribution in [2.75, 3.05) is 6.54 Å². The van der Waals surface area contributed by atoms with Crippen LogP contribution in [0.25, 0.3) is 0 Å². The third-order valence-electron chi connectivity index (χ3n) is 3.21. The minimum atomic E-state index is -0.204. The summed E-state index contributed by atoms with van der Waals surface area (Å²) < 4.78 is 20.6. The van der Waals surface area contributed by atoms with E-state index in [2.05, 4.69) is 10.4 Å². The van der Waals surface area contributed by atoms with E-state index in [1.54, 1.807) is 16.8 Å². The van der Waals surface area contributed by atoms with Crippen LogP contribution in [0.2, 0.25) is 0 Å². The van der Waals surface area contributed by atoms with E-state index in [9.17, 15) is 4.39 Å². The molecule has 19 heavy (non-hydrogen) atoms. The quantitative estimate of drug-likeness (QED) is 0.909. The molecule has 0 bridgehead atoms. The summed E-state index contributed by atoms with van der Waals surface area (Å²) in [5.41, 5.74) is 1.95. The maximum absolute atomic E-state index is 13.1. The Kier molecular flexibility index (Phi) is 3.21. The van der Waals surface area contributed by atoms with Gasteiger partial charge in [0, 0.05) is 38.3 Å². The molecule has 1 aliphatic heterocycles. The number of nitrogens with zero attached hydrogens (tertiary/aromatic N) is 2. The third kappa shape index (κ3) is 2.76. The molecule has 1 aromatic carbocycles. The van der Waals surface area contributed by atoms with Gasteiger partial charge < -0.3 is 10.1 Å². The Morgan fingerprint density at radius 3 is 3.16 bits per heavy atom. The smallest absolute Gasteiger partial charge is 0.123 e. The Labute approximate surface area is 111 Å². The topological polar surface area (TPSA) is 39.1 Å². The predicted octanol–water partition coefficient (Wildman–Crippen LogP) is 1.65. The van der Waals surface area contributed by atoms with E-state index in [1.807, 2.05) is 19.3 Å². The lowest BCUT2D eigenvalue weighted by Gasteiger charge is -2.10. The van der Waals surface area contributed by atoms with Gasteiger partial charge in [-0.05, 0) is 24.3 Å². The Hall–Kier alpha value is -1.88. The summed E-state index contributed by atoms with van der Waals surface area (Å²) in [6.45, 7) is 1.44. The molecular weight excluding hydrogens is 245 g/mol. The molecule has 0 aliphatic carbocycles. The second-order valence-corrected chi connectivity index (χ2v) is 4.81. The molecule has 1 unspecified atom stereocenters. The zero-order valence-electron chi connectivity index (χ0n) is 10.8. The molecule has 5 heteroatoms. The molecule has 0 saturated heterocycles. The zero-order valence-corrected chi connectivity index (χ0v) is 10.8. The maximum atomic E-state index is 13.1. The molecule has 1 aliphatic rings. The molecule has 0 amide bonds. The van der Waals surface area contributed by atoms with Gasteiger partial charge in [0.15, 0.2) is 0 Å². The fourth-order valence-corrected chi connectivity index (χ4v) is 2.32. The number of nitrogens with one attached hydrogen (secondary N) is 1. The summed E-state index contributed by atoms with van der Waals surface area (Å²) in [4.78, 5) is 0. The van der Waals surface area contributed by atoms with E-state index in [4.69, 9.17) is 4.74 Å². The van der Waals surface area contributed by atoms with E-state index >= 15 is 0 Å². The number of aromatic nitrogens is 2. The van der Waals surface area contributed by atoms with Crippen LogP contribution in [-0.4, -0.2) is 22.4 Å². The molecule has 1 N–H and O–H groups in total. The van der Waals surface area contributed by atoms with Gasteiger partial charge in [-0.2, -0.15) is 5.10 Å². The number of hydrogen-bond donors (Lipinski definition) is 1. The van der Waals surface area contributed by atoms with Crippen LogP contribution in [0, 0.1) is 5.82 Å². The van der Waals surface area contributed by atoms with Gasteiger partial charge in [0.25, 0.3) is 0 Å². The van der Waals surface area contributed by atoms with Crippen molar-refractivity contribution in [3.8, 4) is 5.75 Å². The highest BCUT2D eigenvalue weighted by atomic mass is 19.1. The molecule has 2 heterocycles. The lowest BCUT2D eigenvalue weighted by Crippen LogP contribution is -2.29. The second kappa shape index (κ2) is 5.01. The molecule has 0 spiro atoms. The Morgan fingerprint density at radius 1 is 1.47 bits per heavy atom. The van der Waals surface area contributed by atoms with E-state index in [0.29, 0.717) is 6.54 Å². The Balaban J connectivity index is 1.51. The number of halogens is 1. The normalized spacial score (nSPS) is 17.3. The van der Waals surface area contributed by atoms with Crippen LogP contribution in [0.3, 0.4) is 0 Å². The van der Waals surface area contributed by atoms with Crippen LogP contribution in [0.5, 0.6) is 5.75 Å². The highest BCUT2D eigenvalue weighted by molar-refractivity contribution is 5.37. The molecule has 1 atom stereocenters. The monoisotopic (exact) mass is 261 g/mol. The van der Waals surface area contributed by atoms with Crippen molar-refractivity contribution in [1.29, 1.82) is 0 Å². The minimum Gasteiger partial charge on any atom is -0.488 e. The van der Waals surface area contributed by atoms with E-state index in [1.165, 1.54) is 6.07 Å². The predicted molar refractivity (Wildman–Crippen MR) is 69.4 cm³/mol. The zero-order chi connectivity index (χ0) is 13.2.